The molecule has 1 aromatic heterocycles. The molecule has 3 N–H and O–H groups in total. The zero-order valence-corrected chi connectivity index (χ0v) is 15.2. The first-order chi connectivity index (χ1) is 12.8. The number of nitrogens with zero attached hydrogens (tertiary/aromatic N) is 1. The van der Waals surface area contributed by atoms with Crippen LogP contribution in [-0.2, 0) is 0 Å². The van der Waals surface area contributed by atoms with Crippen molar-refractivity contribution in [1.82, 2.24) is 4.57 Å². The molecule has 1 aliphatic rings. The zero-order valence-electron chi connectivity index (χ0n) is 15.2. The predicted octanol–water partition coefficient (Wildman–Crippen LogP) is 5.27. The molecule has 1 aliphatic carbocycles. The fraction of sp³-hybridized carbons (Fsp3) is 0.333. The van der Waals surface area contributed by atoms with E-state index in [4.69, 9.17) is 4.74 Å². The molecule has 1 saturated carbocycles. The Morgan fingerprint density at radius 3 is 2.50 bits per heavy atom. The van der Waals surface area contributed by atoms with Crippen molar-refractivity contribution in [3.05, 3.63) is 42.5 Å². The first-order valence-electron chi connectivity index (χ1n) is 9.25. The highest BCUT2D eigenvalue weighted by Gasteiger charge is 2.27. The minimum Gasteiger partial charge on any atom is -0.494 e. The van der Waals surface area contributed by atoms with Crippen molar-refractivity contribution in [1.29, 1.82) is 0 Å². The van der Waals surface area contributed by atoms with Crippen LogP contribution in [0.2, 0.25) is 0 Å². The topological polar surface area (TPSA) is 58.4 Å². The van der Waals surface area contributed by atoms with Gasteiger partial charge in [-0.3, -0.25) is 10.7 Å². The highest BCUT2D eigenvalue weighted by Crippen LogP contribution is 2.45. The SMILES string of the molecule is CCOc1ccc2c(NO)c(-c3ccc(NC)cc3)n(C3CCC3)c2c1. The quantitative estimate of drug-likeness (QED) is 0.529. The van der Waals surface area contributed by atoms with E-state index in [1.807, 2.05) is 26.1 Å². The average Bonchev–Trinajstić information content (AvgIpc) is 2.94. The Labute approximate surface area is 153 Å². The number of anilines is 2. The molecule has 136 valence electrons. The molecule has 0 radical (unpaired) electrons. The van der Waals surface area contributed by atoms with Crippen LogP contribution in [0.1, 0.15) is 32.2 Å². The van der Waals surface area contributed by atoms with Crippen LogP contribution in [0.15, 0.2) is 42.5 Å². The molecule has 1 fully saturated rings. The molecule has 1 heterocycles. The second-order valence-electron chi connectivity index (χ2n) is 6.73. The van der Waals surface area contributed by atoms with E-state index in [-0.39, 0.29) is 0 Å². The van der Waals surface area contributed by atoms with Gasteiger partial charge in [-0.15, -0.1) is 0 Å². The van der Waals surface area contributed by atoms with E-state index in [1.165, 1.54) is 6.42 Å². The molecule has 0 aliphatic heterocycles. The standard InChI is InChI=1S/C21H25N3O2/c1-3-26-17-11-12-18-19(13-17)24(16-5-4-6-16)21(20(18)23-25)14-7-9-15(22-2)10-8-14/h7-13,16,22-23,25H,3-6H2,1-2H3. The lowest BCUT2D eigenvalue weighted by Gasteiger charge is -2.30. The van der Waals surface area contributed by atoms with Crippen LogP contribution in [0, 0.1) is 0 Å². The van der Waals surface area contributed by atoms with Gasteiger partial charge in [-0.25, -0.2) is 0 Å². The summed E-state index contributed by atoms with van der Waals surface area (Å²) in [5.74, 6) is 0.861. The van der Waals surface area contributed by atoms with Crippen LogP contribution in [0.5, 0.6) is 5.75 Å². The molecule has 5 heteroatoms. The molecule has 5 nitrogen and oxygen atoms in total. The van der Waals surface area contributed by atoms with Gasteiger partial charge < -0.3 is 14.6 Å². The first-order valence-corrected chi connectivity index (χ1v) is 9.25. The monoisotopic (exact) mass is 351 g/mol. The van der Waals surface area contributed by atoms with Crippen molar-refractivity contribution in [2.24, 2.45) is 0 Å². The molecule has 0 saturated heterocycles. The number of rotatable bonds is 6. The van der Waals surface area contributed by atoms with E-state index in [2.05, 4.69) is 45.7 Å². The Bertz CT molecular complexity index is 911. The molecule has 0 unspecified atom stereocenters. The summed E-state index contributed by atoms with van der Waals surface area (Å²) in [5.41, 5.74) is 7.50. The minimum atomic E-state index is 0.454. The Hall–Kier alpha value is -2.66. The Kier molecular flexibility index (Phi) is 4.47. The van der Waals surface area contributed by atoms with Crippen molar-refractivity contribution in [2.75, 3.05) is 24.5 Å². The number of aromatic nitrogens is 1. The molecule has 0 spiro atoms. The van der Waals surface area contributed by atoms with Crippen LogP contribution >= 0.6 is 0 Å². The lowest BCUT2D eigenvalue weighted by Crippen LogP contribution is -2.18. The highest BCUT2D eigenvalue weighted by molar-refractivity contribution is 6.02. The highest BCUT2D eigenvalue weighted by atomic mass is 16.5. The summed E-state index contributed by atoms with van der Waals surface area (Å²) in [4.78, 5) is 0. The molecular formula is C21H25N3O2. The normalized spacial score (nSPS) is 14.3. The maximum absolute atomic E-state index is 9.93. The van der Waals surface area contributed by atoms with Gasteiger partial charge in [0.15, 0.2) is 0 Å². The molecule has 0 amide bonds. The Balaban J connectivity index is 1.96. The van der Waals surface area contributed by atoms with Crippen molar-refractivity contribution in [3.63, 3.8) is 0 Å². The number of hydrogen-bond donors (Lipinski definition) is 3. The lowest BCUT2D eigenvalue weighted by atomic mass is 9.92. The van der Waals surface area contributed by atoms with Gasteiger partial charge in [0.1, 0.15) is 5.75 Å². The van der Waals surface area contributed by atoms with Crippen LogP contribution in [-0.4, -0.2) is 23.4 Å². The maximum atomic E-state index is 9.93. The van der Waals surface area contributed by atoms with E-state index in [9.17, 15) is 5.21 Å². The second kappa shape index (κ2) is 6.92. The van der Waals surface area contributed by atoms with Gasteiger partial charge in [0.2, 0.25) is 0 Å². The Morgan fingerprint density at radius 2 is 1.92 bits per heavy atom. The van der Waals surface area contributed by atoms with Crippen molar-refractivity contribution < 1.29 is 9.94 Å². The largest absolute Gasteiger partial charge is 0.494 e. The van der Waals surface area contributed by atoms with Crippen molar-refractivity contribution >= 4 is 22.3 Å². The summed E-state index contributed by atoms with van der Waals surface area (Å²) >= 11 is 0. The molecular weight excluding hydrogens is 326 g/mol. The molecule has 0 atom stereocenters. The average molecular weight is 351 g/mol. The fourth-order valence-electron chi connectivity index (χ4n) is 3.76. The van der Waals surface area contributed by atoms with Gasteiger partial charge in [-0.1, -0.05) is 12.1 Å². The third-order valence-electron chi connectivity index (χ3n) is 5.29. The van der Waals surface area contributed by atoms with E-state index >= 15 is 0 Å². The first kappa shape index (κ1) is 16.8. The molecule has 4 rings (SSSR count). The van der Waals surface area contributed by atoms with E-state index < -0.39 is 0 Å². The summed E-state index contributed by atoms with van der Waals surface area (Å²) in [6.45, 7) is 2.63. The molecule has 26 heavy (non-hydrogen) atoms. The minimum absolute atomic E-state index is 0.454. The molecule has 3 aromatic rings. The van der Waals surface area contributed by atoms with E-state index in [1.54, 1.807) is 0 Å². The van der Waals surface area contributed by atoms with Crippen molar-refractivity contribution in [2.45, 2.75) is 32.2 Å². The zero-order chi connectivity index (χ0) is 18.1. The van der Waals surface area contributed by atoms with Gasteiger partial charge in [0.05, 0.1) is 23.5 Å². The fourth-order valence-corrected chi connectivity index (χ4v) is 3.76. The summed E-state index contributed by atoms with van der Waals surface area (Å²) in [6, 6.07) is 14.8. The number of ether oxygens (including phenoxy) is 1. The summed E-state index contributed by atoms with van der Waals surface area (Å²) in [5, 5.41) is 14.1. The summed E-state index contributed by atoms with van der Waals surface area (Å²) < 4.78 is 8.08. The number of benzene rings is 2. The maximum Gasteiger partial charge on any atom is 0.121 e. The van der Waals surface area contributed by atoms with Gasteiger partial charge in [-0.05, 0) is 50.5 Å². The van der Waals surface area contributed by atoms with E-state index in [0.29, 0.717) is 12.6 Å². The van der Waals surface area contributed by atoms with Gasteiger partial charge in [-0.2, -0.15) is 0 Å². The lowest BCUT2D eigenvalue weighted by molar-refractivity contribution is 0.322. The van der Waals surface area contributed by atoms with Crippen LogP contribution in [0.25, 0.3) is 22.2 Å². The molecule has 0 bridgehead atoms. The third kappa shape index (κ3) is 2.69. The predicted molar refractivity (Wildman–Crippen MR) is 106 cm³/mol. The summed E-state index contributed by atoms with van der Waals surface area (Å²) in [7, 11) is 1.91. The van der Waals surface area contributed by atoms with Crippen LogP contribution < -0.4 is 15.5 Å². The number of hydrogen-bond acceptors (Lipinski definition) is 4. The second-order valence-corrected chi connectivity index (χ2v) is 6.73. The smallest absolute Gasteiger partial charge is 0.121 e. The van der Waals surface area contributed by atoms with Gasteiger partial charge in [0.25, 0.3) is 0 Å². The van der Waals surface area contributed by atoms with Crippen LogP contribution in [0.4, 0.5) is 11.4 Å². The van der Waals surface area contributed by atoms with Crippen LogP contribution in [0.3, 0.4) is 0 Å². The van der Waals surface area contributed by atoms with Crippen molar-refractivity contribution in [3.8, 4) is 17.0 Å². The Morgan fingerprint density at radius 1 is 1.15 bits per heavy atom. The van der Waals surface area contributed by atoms with Gasteiger partial charge >= 0.3 is 0 Å². The number of nitrogens with one attached hydrogen (secondary N) is 2. The summed E-state index contributed by atoms with van der Waals surface area (Å²) in [6.07, 6.45) is 3.57. The number of fused-ring (bicyclic) bond motifs is 1. The van der Waals surface area contributed by atoms with E-state index in [0.717, 1.165) is 52.1 Å². The molecule has 2 aromatic carbocycles. The van der Waals surface area contributed by atoms with Gasteiger partial charge in [0, 0.05) is 35.8 Å². The third-order valence-corrected chi connectivity index (χ3v) is 5.29.